The zero-order chi connectivity index (χ0) is 15.6. The third-order valence-corrected chi connectivity index (χ3v) is 3.16. The van der Waals surface area contributed by atoms with E-state index in [1.807, 2.05) is 32.0 Å². The number of alkyl halides is 3. The molecule has 0 aliphatic carbocycles. The number of ether oxygens (including phenoxy) is 1. The number of benzene rings is 2. The van der Waals surface area contributed by atoms with Crippen LogP contribution in [-0.2, 0) is 0 Å². The van der Waals surface area contributed by atoms with Gasteiger partial charge >= 0.3 is 6.36 Å². The Morgan fingerprint density at radius 3 is 2.19 bits per heavy atom. The summed E-state index contributed by atoms with van der Waals surface area (Å²) in [5.41, 5.74) is 3.17. The van der Waals surface area contributed by atoms with Gasteiger partial charge in [0.05, 0.1) is 0 Å². The van der Waals surface area contributed by atoms with Crippen molar-refractivity contribution in [2.24, 2.45) is 0 Å². The zero-order valence-corrected chi connectivity index (χ0v) is 11.6. The molecule has 1 N–H and O–H groups in total. The first kappa shape index (κ1) is 15.4. The molecule has 0 aliphatic rings. The number of hydrogen-bond donors (Lipinski definition) is 1. The van der Waals surface area contributed by atoms with Crippen LogP contribution in [0.2, 0.25) is 0 Å². The molecule has 0 heterocycles. The summed E-state index contributed by atoms with van der Waals surface area (Å²) in [6.45, 7) is 3.79. The highest BCUT2D eigenvalue weighted by Gasteiger charge is 2.31. The molecule has 112 valence electrons. The van der Waals surface area contributed by atoms with Crippen LogP contribution in [0.25, 0.3) is 0 Å². The molecule has 21 heavy (non-hydrogen) atoms. The van der Waals surface area contributed by atoms with Crippen molar-refractivity contribution < 1.29 is 23.0 Å². The van der Waals surface area contributed by atoms with Gasteiger partial charge < -0.3 is 9.84 Å². The third-order valence-electron chi connectivity index (χ3n) is 3.16. The van der Waals surface area contributed by atoms with Gasteiger partial charge in [-0.15, -0.1) is 13.2 Å². The largest absolute Gasteiger partial charge is 0.573 e. The van der Waals surface area contributed by atoms with Crippen LogP contribution in [0.4, 0.5) is 13.2 Å². The quantitative estimate of drug-likeness (QED) is 0.916. The normalized spacial score (nSPS) is 13.0. The molecule has 5 heteroatoms. The van der Waals surface area contributed by atoms with Crippen LogP contribution in [0, 0.1) is 13.8 Å². The van der Waals surface area contributed by atoms with Gasteiger partial charge in [-0.25, -0.2) is 0 Å². The molecule has 0 aliphatic heterocycles. The Labute approximate surface area is 120 Å². The van der Waals surface area contributed by atoms with Gasteiger partial charge in [0.15, 0.2) is 0 Å². The first-order valence-electron chi connectivity index (χ1n) is 6.37. The van der Waals surface area contributed by atoms with Gasteiger partial charge in [0.1, 0.15) is 11.9 Å². The fourth-order valence-electron chi connectivity index (χ4n) is 2.09. The lowest BCUT2D eigenvalue weighted by Crippen LogP contribution is -2.17. The number of rotatable bonds is 3. The van der Waals surface area contributed by atoms with Crippen LogP contribution >= 0.6 is 0 Å². The molecule has 1 unspecified atom stereocenters. The van der Waals surface area contributed by atoms with Crippen molar-refractivity contribution in [3.05, 3.63) is 64.7 Å². The molecule has 2 rings (SSSR count). The predicted molar refractivity (Wildman–Crippen MR) is 73.1 cm³/mol. The van der Waals surface area contributed by atoms with Crippen LogP contribution < -0.4 is 4.74 Å². The van der Waals surface area contributed by atoms with Crippen molar-refractivity contribution in [3.8, 4) is 5.75 Å². The number of halogens is 3. The van der Waals surface area contributed by atoms with Crippen LogP contribution in [0.1, 0.15) is 28.4 Å². The Morgan fingerprint density at radius 2 is 1.62 bits per heavy atom. The van der Waals surface area contributed by atoms with E-state index >= 15 is 0 Å². The van der Waals surface area contributed by atoms with Gasteiger partial charge in [-0.2, -0.15) is 0 Å². The van der Waals surface area contributed by atoms with Crippen LogP contribution in [-0.4, -0.2) is 11.5 Å². The molecule has 1 atom stereocenters. The molecule has 0 fully saturated rings. The van der Waals surface area contributed by atoms with Gasteiger partial charge in [0.2, 0.25) is 0 Å². The zero-order valence-electron chi connectivity index (χ0n) is 11.6. The second-order valence-electron chi connectivity index (χ2n) is 4.88. The fourth-order valence-corrected chi connectivity index (χ4v) is 2.09. The second kappa shape index (κ2) is 5.77. The Hall–Kier alpha value is -2.01. The standard InChI is InChI=1S/C16H15F3O2/c1-10-3-4-11(2)14(9-10)15(20)12-5-7-13(8-6-12)21-16(17,18)19/h3-9,15,20H,1-2H3. The number of aliphatic hydroxyl groups is 1. The lowest BCUT2D eigenvalue weighted by molar-refractivity contribution is -0.274. The maximum atomic E-state index is 12.1. The number of hydrogen-bond acceptors (Lipinski definition) is 2. The van der Waals surface area contributed by atoms with E-state index in [0.717, 1.165) is 16.7 Å². The summed E-state index contributed by atoms with van der Waals surface area (Å²) in [4.78, 5) is 0. The molecular weight excluding hydrogens is 281 g/mol. The van der Waals surface area contributed by atoms with E-state index in [9.17, 15) is 18.3 Å². The van der Waals surface area contributed by atoms with Crippen molar-refractivity contribution in [1.29, 1.82) is 0 Å². The highest BCUT2D eigenvalue weighted by atomic mass is 19.4. The molecule has 2 nitrogen and oxygen atoms in total. The van der Waals surface area contributed by atoms with E-state index in [4.69, 9.17) is 0 Å². The second-order valence-corrected chi connectivity index (χ2v) is 4.88. The van der Waals surface area contributed by atoms with Gasteiger partial charge in [-0.3, -0.25) is 0 Å². The van der Waals surface area contributed by atoms with E-state index in [0.29, 0.717) is 5.56 Å². The minimum Gasteiger partial charge on any atom is -0.406 e. The van der Waals surface area contributed by atoms with Gasteiger partial charge in [0.25, 0.3) is 0 Å². The van der Waals surface area contributed by atoms with Crippen molar-refractivity contribution in [2.45, 2.75) is 26.3 Å². The summed E-state index contributed by atoms with van der Waals surface area (Å²) in [5, 5.41) is 10.4. The van der Waals surface area contributed by atoms with E-state index in [1.165, 1.54) is 24.3 Å². The van der Waals surface area contributed by atoms with Crippen molar-refractivity contribution in [1.82, 2.24) is 0 Å². The molecule has 0 bridgehead atoms. The molecule has 0 saturated heterocycles. The summed E-state index contributed by atoms with van der Waals surface area (Å²) in [5.74, 6) is -0.306. The van der Waals surface area contributed by atoms with Gasteiger partial charge in [0, 0.05) is 0 Å². The van der Waals surface area contributed by atoms with E-state index in [-0.39, 0.29) is 5.75 Å². The monoisotopic (exact) mass is 296 g/mol. The average Bonchev–Trinajstić information content (AvgIpc) is 2.40. The number of aryl methyl sites for hydroxylation is 2. The summed E-state index contributed by atoms with van der Waals surface area (Å²) in [7, 11) is 0. The van der Waals surface area contributed by atoms with E-state index in [1.54, 1.807) is 0 Å². The Morgan fingerprint density at radius 1 is 1.00 bits per heavy atom. The summed E-state index contributed by atoms with van der Waals surface area (Å²) >= 11 is 0. The molecule has 0 aromatic heterocycles. The molecule has 0 saturated carbocycles. The molecule has 2 aromatic rings. The lowest BCUT2D eigenvalue weighted by Gasteiger charge is -2.16. The fraction of sp³-hybridized carbons (Fsp3) is 0.250. The van der Waals surface area contributed by atoms with Crippen molar-refractivity contribution >= 4 is 0 Å². The maximum Gasteiger partial charge on any atom is 0.573 e. The first-order valence-corrected chi connectivity index (χ1v) is 6.37. The van der Waals surface area contributed by atoms with Gasteiger partial charge in [-0.1, -0.05) is 35.9 Å². The topological polar surface area (TPSA) is 29.5 Å². The minimum absolute atomic E-state index is 0.306. The highest BCUT2D eigenvalue weighted by Crippen LogP contribution is 2.28. The molecule has 2 aromatic carbocycles. The number of aliphatic hydroxyl groups excluding tert-OH is 1. The van der Waals surface area contributed by atoms with Crippen molar-refractivity contribution in [2.75, 3.05) is 0 Å². The van der Waals surface area contributed by atoms with Crippen LogP contribution in [0.3, 0.4) is 0 Å². The smallest absolute Gasteiger partial charge is 0.406 e. The Bertz CT molecular complexity index is 618. The molecule has 0 spiro atoms. The third kappa shape index (κ3) is 3.98. The van der Waals surface area contributed by atoms with Crippen LogP contribution in [0.15, 0.2) is 42.5 Å². The summed E-state index contributed by atoms with van der Waals surface area (Å²) < 4.78 is 40.1. The summed E-state index contributed by atoms with van der Waals surface area (Å²) in [6.07, 6.45) is -5.60. The average molecular weight is 296 g/mol. The summed E-state index contributed by atoms with van der Waals surface area (Å²) in [6, 6.07) is 10.9. The lowest BCUT2D eigenvalue weighted by atomic mass is 9.96. The van der Waals surface area contributed by atoms with Crippen molar-refractivity contribution in [3.63, 3.8) is 0 Å². The maximum absolute atomic E-state index is 12.1. The first-order chi connectivity index (χ1) is 9.76. The van der Waals surface area contributed by atoms with E-state index in [2.05, 4.69) is 4.74 Å². The van der Waals surface area contributed by atoms with E-state index < -0.39 is 12.5 Å². The molecular formula is C16H15F3O2. The van der Waals surface area contributed by atoms with Gasteiger partial charge in [-0.05, 0) is 42.7 Å². The van der Waals surface area contributed by atoms with Crippen LogP contribution in [0.5, 0.6) is 5.75 Å². The Balaban J connectivity index is 2.24. The SMILES string of the molecule is Cc1ccc(C)c(C(O)c2ccc(OC(F)(F)F)cc2)c1. The highest BCUT2D eigenvalue weighted by molar-refractivity contribution is 5.39. The molecule has 0 radical (unpaired) electrons. The molecule has 0 amide bonds. The minimum atomic E-state index is -4.72. The predicted octanol–water partition coefficient (Wildman–Crippen LogP) is 4.28. The Kier molecular flexibility index (Phi) is 4.23.